The number of carbonyl (C=O) groups is 1. The molecule has 0 spiro atoms. The van der Waals surface area contributed by atoms with Crippen LogP contribution in [-0.2, 0) is 9.53 Å². The molecule has 1 aliphatic carbocycles. The van der Waals surface area contributed by atoms with Crippen molar-refractivity contribution in [3.05, 3.63) is 44.1 Å². The van der Waals surface area contributed by atoms with Gasteiger partial charge in [0.1, 0.15) is 17.4 Å². The fourth-order valence-corrected chi connectivity index (χ4v) is 4.16. The molecule has 1 aromatic carbocycles. The molecule has 7 heteroatoms. The minimum absolute atomic E-state index is 0.0174. The number of phenolic OH excluding ortho intramolecular Hbond substituents is 1. The number of carbonyl (C=O) groups excluding carboxylic acids is 1. The first-order valence-electron chi connectivity index (χ1n) is 8.08. The Hall–Kier alpha value is -2.21. The highest BCUT2D eigenvalue weighted by Crippen LogP contribution is 2.49. The molecule has 3 rings (SSSR count). The van der Waals surface area contributed by atoms with Crippen molar-refractivity contribution >= 4 is 28.4 Å². The molecule has 0 radical (unpaired) electrons. The number of nitriles is 1. The summed E-state index contributed by atoms with van der Waals surface area (Å²) in [6.07, 6.45) is 0.937. The van der Waals surface area contributed by atoms with E-state index in [9.17, 15) is 15.2 Å². The van der Waals surface area contributed by atoms with Gasteiger partial charge in [0.2, 0.25) is 5.88 Å². The smallest absolute Gasteiger partial charge is 0.205 e. The van der Waals surface area contributed by atoms with Crippen molar-refractivity contribution < 1.29 is 19.4 Å². The Bertz CT molecular complexity index is 909. The second-order valence-corrected chi connectivity index (χ2v) is 8.42. The number of nitrogens with two attached hydrogens (primary N) is 1. The number of hydrogen-bond donors (Lipinski definition) is 2. The molecule has 26 heavy (non-hydrogen) atoms. The zero-order valence-corrected chi connectivity index (χ0v) is 16.9. The van der Waals surface area contributed by atoms with Crippen molar-refractivity contribution in [3.8, 4) is 17.6 Å². The normalized spacial score (nSPS) is 21.8. The van der Waals surface area contributed by atoms with Crippen LogP contribution in [0, 0.1) is 20.3 Å². The summed E-state index contributed by atoms with van der Waals surface area (Å²) < 4.78 is 11.5. The van der Waals surface area contributed by atoms with Crippen molar-refractivity contribution in [2.24, 2.45) is 11.1 Å². The topological polar surface area (TPSA) is 106 Å². The molecule has 136 valence electrons. The van der Waals surface area contributed by atoms with Gasteiger partial charge in [0, 0.05) is 18.4 Å². The Balaban J connectivity index is 2.24. The molecule has 0 fully saturated rings. The fraction of sp³-hybridized carbons (Fsp3) is 0.368. The van der Waals surface area contributed by atoms with Crippen molar-refractivity contribution in [3.63, 3.8) is 0 Å². The van der Waals surface area contributed by atoms with Crippen LogP contribution >= 0.6 is 22.6 Å². The average molecular weight is 466 g/mol. The Labute approximate surface area is 165 Å². The Morgan fingerprint density at radius 2 is 2.12 bits per heavy atom. The van der Waals surface area contributed by atoms with E-state index in [4.69, 9.17) is 15.2 Å². The minimum Gasteiger partial charge on any atom is -0.504 e. The zero-order valence-electron chi connectivity index (χ0n) is 14.7. The van der Waals surface area contributed by atoms with Crippen LogP contribution in [-0.4, -0.2) is 18.0 Å². The molecule has 0 unspecified atom stereocenters. The first kappa shape index (κ1) is 18.6. The summed E-state index contributed by atoms with van der Waals surface area (Å²) >= 11 is 1.99. The summed E-state index contributed by atoms with van der Waals surface area (Å²) in [5.74, 6) is 0.155. The first-order valence-corrected chi connectivity index (χ1v) is 9.16. The van der Waals surface area contributed by atoms with Crippen molar-refractivity contribution in [2.45, 2.75) is 32.6 Å². The van der Waals surface area contributed by atoms with Crippen LogP contribution in [0.15, 0.2) is 34.9 Å². The van der Waals surface area contributed by atoms with E-state index in [2.05, 4.69) is 6.07 Å². The van der Waals surface area contributed by atoms with Crippen LogP contribution in [0.4, 0.5) is 0 Å². The molecule has 0 amide bonds. The van der Waals surface area contributed by atoms with Gasteiger partial charge in [-0.15, -0.1) is 0 Å². The van der Waals surface area contributed by atoms with Gasteiger partial charge in [-0.25, -0.2) is 0 Å². The average Bonchev–Trinajstić information content (AvgIpc) is 2.54. The number of rotatable bonds is 2. The number of halogens is 1. The molecule has 2 aliphatic rings. The fourth-order valence-electron chi connectivity index (χ4n) is 3.53. The molecule has 1 aliphatic heterocycles. The van der Waals surface area contributed by atoms with Gasteiger partial charge >= 0.3 is 0 Å². The van der Waals surface area contributed by atoms with Crippen LogP contribution in [0.5, 0.6) is 11.5 Å². The molecule has 0 aromatic heterocycles. The van der Waals surface area contributed by atoms with Crippen LogP contribution in [0.2, 0.25) is 0 Å². The maximum atomic E-state index is 12.9. The molecule has 1 atom stereocenters. The number of hydrogen-bond acceptors (Lipinski definition) is 6. The highest BCUT2D eigenvalue weighted by Gasteiger charge is 2.43. The quantitative estimate of drug-likeness (QED) is 0.647. The molecule has 0 bridgehead atoms. The first-order chi connectivity index (χ1) is 12.2. The second-order valence-electron chi connectivity index (χ2n) is 7.26. The van der Waals surface area contributed by atoms with Gasteiger partial charge in [0.25, 0.3) is 0 Å². The van der Waals surface area contributed by atoms with Gasteiger partial charge in [0.15, 0.2) is 17.3 Å². The largest absolute Gasteiger partial charge is 0.504 e. The lowest BCUT2D eigenvalue weighted by Gasteiger charge is -2.37. The molecular weight excluding hydrogens is 447 g/mol. The third-order valence-electron chi connectivity index (χ3n) is 4.68. The lowest BCUT2D eigenvalue weighted by Crippen LogP contribution is -2.33. The Morgan fingerprint density at radius 1 is 1.42 bits per heavy atom. The van der Waals surface area contributed by atoms with Crippen molar-refractivity contribution in [1.29, 1.82) is 5.26 Å². The van der Waals surface area contributed by atoms with Gasteiger partial charge in [-0.05, 0) is 45.7 Å². The zero-order chi connectivity index (χ0) is 19.2. The molecular formula is C19H19IN2O4. The molecule has 3 N–H and O–H groups in total. The van der Waals surface area contributed by atoms with E-state index < -0.39 is 5.92 Å². The lowest BCUT2D eigenvalue weighted by molar-refractivity contribution is -0.119. The number of Topliss-reactive ketones (excluding diaryl/α,β-unsaturated/α-hetero) is 1. The number of aromatic hydroxyl groups is 1. The van der Waals surface area contributed by atoms with Crippen LogP contribution < -0.4 is 10.5 Å². The van der Waals surface area contributed by atoms with Gasteiger partial charge < -0.3 is 20.3 Å². The molecule has 0 saturated heterocycles. The SMILES string of the molecule is COc1cc([C@@H]2C(C#N)=C(N)OC3=C2C(=O)CC(C)(C)C3)cc(I)c1O. The minimum atomic E-state index is -0.629. The third kappa shape index (κ3) is 3.03. The number of allylic oxidation sites excluding steroid dienone is 3. The number of methoxy groups -OCH3 is 1. The highest BCUT2D eigenvalue weighted by molar-refractivity contribution is 14.1. The summed E-state index contributed by atoms with van der Waals surface area (Å²) in [5, 5.41) is 19.7. The van der Waals surface area contributed by atoms with E-state index in [-0.39, 0.29) is 34.2 Å². The number of phenols is 1. The number of nitrogens with zero attached hydrogens (tertiary/aromatic N) is 1. The lowest BCUT2D eigenvalue weighted by atomic mass is 9.70. The van der Waals surface area contributed by atoms with E-state index in [1.165, 1.54) is 7.11 Å². The van der Waals surface area contributed by atoms with E-state index in [0.29, 0.717) is 33.3 Å². The summed E-state index contributed by atoms with van der Waals surface area (Å²) in [7, 11) is 1.45. The van der Waals surface area contributed by atoms with Crippen LogP contribution in [0.1, 0.15) is 38.2 Å². The summed E-state index contributed by atoms with van der Waals surface area (Å²) in [6, 6.07) is 5.45. The van der Waals surface area contributed by atoms with E-state index in [1.807, 2.05) is 36.4 Å². The van der Waals surface area contributed by atoms with E-state index in [0.717, 1.165) is 0 Å². The maximum absolute atomic E-state index is 12.9. The van der Waals surface area contributed by atoms with Gasteiger partial charge in [-0.1, -0.05) is 13.8 Å². The summed E-state index contributed by atoms with van der Waals surface area (Å²) in [5.41, 5.74) is 7.10. The number of ether oxygens (including phenoxy) is 2. The van der Waals surface area contributed by atoms with E-state index in [1.54, 1.807) is 12.1 Å². The standard InChI is InChI=1S/C19H19IN2O4/c1-19(2)6-12(23)16-14(7-19)26-18(22)10(8-21)15(16)9-4-11(20)17(24)13(5-9)25-3/h4-5,15,24H,6-7,22H2,1-3H3/t15-/m1/s1. The predicted molar refractivity (Wildman–Crippen MR) is 103 cm³/mol. The molecule has 6 nitrogen and oxygen atoms in total. The van der Waals surface area contributed by atoms with Crippen molar-refractivity contribution in [2.75, 3.05) is 7.11 Å². The second kappa shape index (κ2) is 6.50. The van der Waals surface area contributed by atoms with Gasteiger partial charge in [0.05, 0.1) is 16.6 Å². The Morgan fingerprint density at radius 3 is 2.73 bits per heavy atom. The van der Waals surface area contributed by atoms with Gasteiger partial charge in [-0.2, -0.15) is 5.26 Å². The third-order valence-corrected chi connectivity index (χ3v) is 5.50. The van der Waals surface area contributed by atoms with Crippen LogP contribution in [0.25, 0.3) is 0 Å². The molecule has 1 heterocycles. The predicted octanol–water partition coefficient (Wildman–Crippen LogP) is 3.46. The van der Waals surface area contributed by atoms with Crippen LogP contribution in [0.3, 0.4) is 0 Å². The Kier molecular flexibility index (Phi) is 4.65. The highest BCUT2D eigenvalue weighted by atomic mass is 127. The monoisotopic (exact) mass is 466 g/mol. The number of ketones is 1. The molecule has 1 aromatic rings. The summed E-state index contributed by atoms with van der Waals surface area (Å²) in [6.45, 7) is 4.00. The number of benzene rings is 1. The van der Waals surface area contributed by atoms with Gasteiger partial charge in [-0.3, -0.25) is 4.79 Å². The maximum Gasteiger partial charge on any atom is 0.205 e. The van der Waals surface area contributed by atoms with E-state index >= 15 is 0 Å². The van der Waals surface area contributed by atoms with Crippen molar-refractivity contribution in [1.82, 2.24) is 0 Å². The molecule has 0 saturated carbocycles. The summed E-state index contributed by atoms with van der Waals surface area (Å²) in [4.78, 5) is 12.9.